The van der Waals surface area contributed by atoms with Gasteiger partial charge < -0.3 is 37.9 Å². The molecule has 0 bridgehead atoms. The van der Waals surface area contributed by atoms with E-state index in [0.29, 0.717) is 28.8 Å². The van der Waals surface area contributed by atoms with E-state index in [0.717, 1.165) is 28.2 Å². The van der Waals surface area contributed by atoms with Crippen LogP contribution in [-0.4, -0.2) is 76.8 Å². The van der Waals surface area contributed by atoms with Crippen molar-refractivity contribution in [1.29, 1.82) is 5.26 Å². The number of anilines is 1. The molecule has 7 rings (SSSR count). The molecule has 13 nitrogen and oxygen atoms in total. The normalized spacial score (nSPS) is 17.1. The number of amides is 1. The van der Waals surface area contributed by atoms with Crippen LogP contribution in [0.2, 0.25) is 0 Å². The number of benzene rings is 4. The fourth-order valence-electron chi connectivity index (χ4n) is 7.90. The summed E-state index contributed by atoms with van der Waals surface area (Å²) in [5.41, 5.74) is 2.67. The zero-order chi connectivity index (χ0) is 43.6. The summed E-state index contributed by atoms with van der Waals surface area (Å²) in [6.07, 6.45) is 2.30. The number of methoxy groups -OCH3 is 2. The number of hydrogen-bond acceptors (Lipinski definition) is 11. The number of fused-ring (bicyclic) bond motifs is 1. The van der Waals surface area contributed by atoms with Crippen molar-refractivity contribution in [3.8, 4) is 17.6 Å². The smallest absolute Gasteiger partial charge is 0.259 e. The summed E-state index contributed by atoms with van der Waals surface area (Å²) >= 11 is 0. The summed E-state index contributed by atoms with van der Waals surface area (Å²) in [4.78, 5) is 22.3. The van der Waals surface area contributed by atoms with Gasteiger partial charge in [-0.2, -0.15) is 5.26 Å². The van der Waals surface area contributed by atoms with E-state index in [1.165, 1.54) is 6.33 Å². The molecule has 1 saturated heterocycles. The first-order chi connectivity index (χ1) is 30.2. The quantitative estimate of drug-likeness (QED) is 0.0473. The Hall–Kier alpha value is -5.71. The third-order valence-electron chi connectivity index (χ3n) is 10.8. The van der Waals surface area contributed by atoms with Gasteiger partial charge in [0, 0.05) is 30.3 Å². The first-order valence-corrected chi connectivity index (χ1v) is 21.9. The Balaban J connectivity index is 1.28. The van der Waals surface area contributed by atoms with Crippen molar-refractivity contribution in [2.75, 3.05) is 32.8 Å². The first kappa shape index (κ1) is 44.3. The summed E-state index contributed by atoms with van der Waals surface area (Å²) in [6, 6.07) is 39.2. The van der Waals surface area contributed by atoms with Gasteiger partial charge in [-0.1, -0.05) is 72.8 Å². The number of aromatic nitrogens is 3. The Labute approximate surface area is 364 Å². The van der Waals surface area contributed by atoms with Gasteiger partial charge >= 0.3 is 0 Å². The van der Waals surface area contributed by atoms with Crippen LogP contribution in [0.5, 0.6) is 11.5 Å². The van der Waals surface area contributed by atoms with E-state index >= 15 is 0 Å². The minimum atomic E-state index is -1.65. The second-order valence-corrected chi connectivity index (χ2v) is 16.8. The van der Waals surface area contributed by atoms with Crippen molar-refractivity contribution < 1.29 is 32.8 Å². The van der Waals surface area contributed by atoms with Crippen molar-refractivity contribution in [3.05, 3.63) is 150 Å². The lowest BCUT2D eigenvalue weighted by Gasteiger charge is -2.39. The molecule has 4 aromatic carbocycles. The second-order valence-electron chi connectivity index (χ2n) is 15.4. The number of rotatable bonds is 19. The Kier molecular flexibility index (Phi) is 14.6. The third-order valence-corrected chi connectivity index (χ3v) is 12.9. The molecule has 62 heavy (non-hydrogen) atoms. The Morgan fingerprint density at radius 2 is 1.47 bits per heavy atom. The van der Waals surface area contributed by atoms with Gasteiger partial charge in [-0.05, 0) is 86.8 Å². The third kappa shape index (κ3) is 9.67. The van der Waals surface area contributed by atoms with Gasteiger partial charge in [-0.25, -0.2) is 14.6 Å². The van der Waals surface area contributed by atoms with Crippen LogP contribution in [0.25, 0.3) is 11.0 Å². The van der Waals surface area contributed by atoms with E-state index < -0.39 is 32.6 Å². The number of carbonyl (C=O) groups is 1. The summed E-state index contributed by atoms with van der Waals surface area (Å²) in [7, 11) is 1.65. The molecule has 1 N–H and O–H groups in total. The Bertz CT molecular complexity index is 2350. The number of hydrogen-bond donors (Lipinski definition) is 1. The second kappa shape index (κ2) is 20.4. The number of nitriles is 1. The van der Waals surface area contributed by atoms with Gasteiger partial charge in [0.1, 0.15) is 47.2 Å². The van der Waals surface area contributed by atoms with Gasteiger partial charge in [0.05, 0.1) is 51.4 Å². The molecular formula is C48H53N6O7P. The highest BCUT2D eigenvalue weighted by Gasteiger charge is 2.45. The summed E-state index contributed by atoms with van der Waals surface area (Å²) in [6.45, 7) is 8.76. The number of nitrogens with one attached hydrogen (secondary N) is 1. The molecule has 322 valence electrons. The van der Waals surface area contributed by atoms with Crippen molar-refractivity contribution in [3.63, 3.8) is 0 Å². The zero-order valence-electron chi connectivity index (χ0n) is 35.9. The van der Waals surface area contributed by atoms with Crippen molar-refractivity contribution in [2.45, 2.75) is 76.7 Å². The molecule has 14 heteroatoms. The number of ether oxygens (including phenoxy) is 4. The minimum absolute atomic E-state index is 0.0847. The van der Waals surface area contributed by atoms with Crippen LogP contribution in [0.3, 0.4) is 0 Å². The van der Waals surface area contributed by atoms with E-state index in [4.69, 9.17) is 28.0 Å². The molecule has 2 aromatic heterocycles. The predicted molar refractivity (Wildman–Crippen MR) is 239 cm³/mol. The van der Waals surface area contributed by atoms with Crippen LogP contribution >= 0.6 is 8.53 Å². The SMILES string of the molecule is COc1ccc(C(OC[C@H]2O[C@H](n3ccc4c(NC(=O)c5ccccc5)ncnc43)C[C@@H]2OP(OCCC#N)N(C(C)C)C(C)C)(c2ccccc2)c2ccc(OC)cc2)cc1. The van der Waals surface area contributed by atoms with Crippen LogP contribution in [-0.2, 0) is 24.1 Å². The molecule has 1 aliphatic rings. The molecule has 1 amide bonds. The number of nitrogens with zero attached hydrogens (tertiary/aromatic N) is 5. The van der Waals surface area contributed by atoms with Gasteiger partial charge in [-0.3, -0.25) is 4.79 Å². The largest absolute Gasteiger partial charge is 0.497 e. The highest BCUT2D eigenvalue weighted by molar-refractivity contribution is 7.44. The maximum absolute atomic E-state index is 13.2. The molecule has 3 heterocycles. The molecule has 0 spiro atoms. The molecule has 1 aliphatic heterocycles. The standard InChI is InChI=1S/C48H53N6O7P/c1-33(2)54(34(3)4)62(59-29-13-27-49)61-42-30-44(53-28-26-41-45(50-32-51-46(41)53)52-47(55)35-14-9-7-10-15-35)60-43(42)31-58-48(36-16-11-8-12-17-36,37-18-22-39(56-5)23-19-37)38-20-24-40(57-6)25-21-38/h7-12,14-26,28,32-34,42-44H,13,29-31H2,1-6H3,(H,50,51,52,55)/t42-,43+,44-,62?/m0/s1. The lowest BCUT2D eigenvalue weighted by molar-refractivity contribution is -0.0911. The Morgan fingerprint density at radius 1 is 0.871 bits per heavy atom. The monoisotopic (exact) mass is 856 g/mol. The van der Waals surface area contributed by atoms with E-state index in [1.807, 2.05) is 102 Å². The molecular weight excluding hydrogens is 804 g/mol. The van der Waals surface area contributed by atoms with Gasteiger partial charge in [-0.15, -0.1) is 0 Å². The average Bonchev–Trinajstić information content (AvgIpc) is 3.92. The van der Waals surface area contributed by atoms with Gasteiger partial charge in [0.25, 0.3) is 14.4 Å². The number of carbonyl (C=O) groups excluding carboxylic acids is 1. The topological polar surface area (TPSA) is 142 Å². The van der Waals surface area contributed by atoms with Crippen molar-refractivity contribution in [2.24, 2.45) is 0 Å². The summed E-state index contributed by atoms with van der Waals surface area (Å²) in [5, 5.41) is 13.1. The fourth-order valence-corrected chi connectivity index (χ4v) is 9.65. The maximum Gasteiger partial charge on any atom is 0.259 e. The zero-order valence-corrected chi connectivity index (χ0v) is 36.8. The highest BCUT2D eigenvalue weighted by Crippen LogP contribution is 2.51. The van der Waals surface area contributed by atoms with E-state index in [1.54, 1.807) is 26.4 Å². The molecule has 0 aliphatic carbocycles. The Morgan fingerprint density at radius 3 is 2.05 bits per heavy atom. The van der Waals surface area contributed by atoms with E-state index in [2.05, 4.69) is 65.9 Å². The van der Waals surface area contributed by atoms with Gasteiger partial charge in [0.15, 0.2) is 0 Å². The molecule has 0 saturated carbocycles. The lowest BCUT2D eigenvalue weighted by atomic mass is 9.80. The maximum atomic E-state index is 13.2. The van der Waals surface area contributed by atoms with Crippen LogP contribution in [0.1, 0.15) is 73.8 Å². The van der Waals surface area contributed by atoms with Gasteiger partial charge in [0.2, 0.25) is 0 Å². The molecule has 4 atom stereocenters. The van der Waals surface area contributed by atoms with Crippen molar-refractivity contribution >= 4 is 31.3 Å². The summed E-state index contributed by atoms with van der Waals surface area (Å²) < 4.78 is 43.2. The van der Waals surface area contributed by atoms with Crippen LogP contribution in [0, 0.1) is 11.3 Å². The highest BCUT2D eigenvalue weighted by atomic mass is 31.2. The van der Waals surface area contributed by atoms with Crippen molar-refractivity contribution in [1.82, 2.24) is 19.2 Å². The van der Waals surface area contributed by atoms with E-state index in [9.17, 15) is 10.1 Å². The van der Waals surface area contributed by atoms with Crippen LogP contribution < -0.4 is 14.8 Å². The van der Waals surface area contributed by atoms with Crippen LogP contribution in [0.4, 0.5) is 5.82 Å². The fraction of sp³-hybridized carbons (Fsp3) is 0.333. The molecule has 6 aromatic rings. The molecule has 1 fully saturated rings. The van der Waals surface area contributed by atoms with Crippen LogP contribution in [0.15, 0.2) is 128 Å². The average molecular weight is 857 g/mol. The molecule has 0 radical (unpaired) electrons. The van der Waals surface area contributed by atoms with E-state index in [-0.39, 0.29) is 37.6 Å². The lowest BCUT2D eigenvalue weighted by Crippen LogP contribution is -2.39. The first-order valence-electron chi connectivity index (χ1n) is 20.7. The minimum Gasteiger partial charge on any atom is -0.497 e. The summed E-state index contributed by atoms with van der Waals surface area (Å²) in [5.74, 6) is 1.55. The molecule has 1 unspecified atom stereocenters. The predicted octanol–water partition coefficient (Wildman–Crippen LogP) is 9.66.